The van der Waals surface area contributed by atoms with E-state index in [1.165, 1.54) is 10.7 Å². The topological polar surface area (TPSA) is 84.3 Å². The maximum atomic E-state index is 14.5. The fraction of sp³-hybridized carbons (Fsp3) is 0.375. The third-order valence-corrected chi connectivity index (χ3v) is 4.07. The van der Waals surface area contributed by atoms with Crippen molar-refractivity contribution in [2.45, 2.75) is 13.5 Å². The first kappa shape index (κ1) is 18.1. The van der Waals surface area contributed by atoms with Gasteiger partial charge in [0.25, 0.3) is 5.17 Å². The third kappa shape index (κ3) is 4.26. The fourth-order valence-electron chi connectivity index (χ4n) is 2.59. The number of hydrogen-bond acceptors (Lipinski definition) is 6. The molecule has 0 atom stereocenters. The van der Waals surface area contributed by atoms with Crippen LogP contribution in [0.4, 0.5) is 10.1 Å². The number of rotatable bonds is 5. The van der Waals surface area contributed by atoms with Crippen LogP contribution >= 0.6 is 12.2 Å². The molecular formula is C16H19FN6O2S. The van der Waals surface area contributed by atoms with Crippen molar-refractivity contribution < 1.29 is 13.9 Å². The lowest BCUT2D eigenvalue weighted by Crippen LogP contribution is -2.48. The summed E-state index contributed by atoms with van der Waals surface area (Å²) in [6, 6.07) is 4.76. The summed E-state index contributed by atoms with van der Waals surface area (Å²) >= 11 is 4.98. The molecule has 0 saturated carbocycles. The second-order valence-corrected chi connectivity index (χ2v) is 6.01. The number of ether oxygens (including phenoxy) is 1. The lowest BCUT2D eigenvalue weighted by atomic mass is 10.2. The predicted molar refractivity (Wildman–Crippen MR) is 97.6 cm³/mol. The van der Waals surface area contributed by atoms with Crippen molar-refractivity contribution in [1.29, 1.82) is 0 Å². The van der Waals surface area contributed by atoms with Crippen LogP contribution in [0.5, 0.6) is 0 Å². The molecule has 0 radical (unpaired) electrons. The zero-order valence-electron chi connectivity index (χ0n) is 14.2. The Kier molecular flexibility index (Phi) is 5.61. The van der Waals surface area contributed by atoms with Gasteiger partial charge in [0.15, 0.2) is 0 Å². The smallest absolute Gasteiger partial charge is 0.256 e. The van der Waals surface area contributed by atoms with Crippen LogP contribution in [0.2, 0.25) is 0 Å². The summed E-state index contributed by atoms with van der Waals surface area (Å²) in [5.41, 5.74) is 1.58. The second kappa shape index (κ2) is 8.09. The number of halogens is 1. The zero-order chi connectivity index (χ0) is 18.5. The van der Waals surface area contributed by atoms with Crippen LogP contribution < -0.4 is 15.5 Å². The Bertz CT molecular complexity index is 812. The van der Waals surface area contributed by atoms with Crippen molar-refractivity contribution >= 4 is 29.0 Å². The zero-order valence-corrected chi connectivity index (χ0v) is 15.1. The molecule has 2 heterocycles. The highest BCUT2D eigenvalue weighted by molar-refractivity contribution is 7.80. The molecule has 8 nitrogen and oxygen atoms in total. The summed E-state index contributed by atoms with van der Waals surface area (Å²) in [4.78, 5) is 13.2. The van der Waals surface area contributed by atoms with E-state index in [-0.39, 0.29) is 12.5 Å². The van der Waals surface area contributed by atoms with E-state index in [1.807, 2.05) is 6.92 Å². The first-order valence-electron chi connectivity index (χ1n) is 8.20. The molecule has 3 rings (SSSR count). The van der Waals surface area contributed by atoms with Gasteiger partial charge in [0.2, 0.25) is 5.91 Å². The number of nitrogens with zero attached hydrogens (tertiary/aromatic N) is 4. The van der Waals surface area contributed by atoms with Crippen molar-refractivity contribution in [1.82, 2.24) is 25.6 Å². The van der Waals surface area contributed by atoms with Gasteiger partial charge >= 0.3 is 0 Å². The molecule has 0 aliphatic carbocycles. The van der Waals surface area contributed by atoms with E-state index in [2.05, 4.69) is 20.9 Å². The van der Waals surface area contributed by atoms with Crippen LogP contribution in [-0.2, 0) is 16.1 Å². The highest BCUT2D eigenvalue weighted by atomic mass is 32.1. The number of thiocarbonyl (C=S) groups is 1. The average Bonchev–Trinajstić information content (AvgIpc) is 3.09. The van der Waals surface area contributed by atoms with Gasteiger partial charge in [0.1, 0.15) is 11.5 Å². The van der Waals surface area contributed by atoms with Gasteiger partial charge in [-0.3, -0.25) is 4.79 Å². The molecule has 1 aliphatic rings. The Hall–Kier alpha value is -2.75. The van der Waals surface area contributed by atoms with Gasteiger partial charge in [-0.05, 0) is 31.3 Å². The molecule has 138 valence electrons. The predicted octanol–water partition coefficient (Wildman–Crippen LogP) is 0.754. The average molecular weight is 378 g/mol. The molecule has 2 aromatic rings. The minimum Gasteiger partial charge on any atom is -0.471 e. The lowest BCUT2D eigenvalue weighted by molar-refractivity contribution is -0.120. The number of amides is 1. The number of anilines is 1. The molecule has 10 heteroatoms. The van der Waals surface area contributed by atoms with Crippen molar-refractivity contribution in [3.8, 4) is 5.69 Å². The van der Waals surface area contributed by atoms with Gasteiger partial charge in [-0.15, -0.1) is 5.10 Å². The number of hydrogen-bond donors (Lipinski definition) is 2. The van der Waals surface area contributed by atoms with E-state index >= 15 is 0 Å². The summed E-state index contributed by atoms with van der Waals surface area (Å²) in [5, 5.41) is 14.0. The number of piperazine rings is 1. The summed E-state index contributed by atoms with van der Waals surface area (Å²) in [6.45, 7) is 3.92. The van der Waals surface area contributed by atoms with Gasteiger partial charge in [0, 0.05) is 19.2 Å². The monoisotopic (exact) mass is 378 g/mol. The van der Waals surface area contributed by atoms with Crippen molar-refractivity contribution in [2.75, 3.05) is 31.1 Å². The largest absolute Gasteiger partial charge is 0.471 e. The number of aromatic nitrogens is 3. The molecule has 0 bridgehead atoms. The maximum Gasteiger partial charge on any atom is 0.256 e. The normalized spacial score (nSPS) is 14.1. The molecule has 1 amide bonds. The SMILES string of the molecule is CCOC(=S)NCc1cn(-c2ccc(N3CCNC(=O)C3)c(F)c2)nn1. The molecule has 1 aliphatic heterocycles. The van der Waals surface area contributed by atoms with E-state index < -0.39 is 5.82 Å². The number of carbonyl (C=O) groups is 1. The Balaban J connectivity index is 1.69. The molecule has 26 heavy (non-hydrogen) atoms. The minimum atomic E-state index is -0.412. The quantitative estimate of drug-likeness (QED) is 0.743. The molecule has 1 aromatic heterocycles. The van der Waals surface area contributed by atoms with E-state index in [4.69, 9.17) is 17.0 Å². The molecule has 2 N–H and O–H groups in total. The highest BCUT2D eigenvalue weighted by Gasteiger charge is 2.19. The first-order chi connectivity index (χ1) is 12.6. The van der Waals surface area contributed by atoms with Gasteiger partial charge < -0.3 is 20.3 Å². The van der Waals surface area contributed by atoms with Crippen LogP contribution in [0.1, 0.15) is 12.6 Å². The number of nitrogens with one attached hydrogen (secondary N) is 2. The maximum absolute atomic E-state index is 14.5. The van der Waals surface area contributed by atoms with Crippen LogP contribution in [-0.4, -0.2) is 52.3 Å². The number of carbonyl (C=O) groups excluding carboxylic acids is 1. The molecule has 1 fully saturated rings. The molecule has 0 spiro atoms. The Morgan fingerprint density at radius 1 is 1.50 bits per heavy atom. The lowest BCUT2D eigenvalue weighted by Gasteiger charge is -2.28. The van der Waals surface area contributed by atoms with Gasteiger partial charge in [0.05, 0.1) is 37.3 Å². The van der Waals surface area contributed by atoms with E-state index in [1.54, 1.807) is 23.2 Å². The molecule has 1 aromatic carbocycles. The summed E-state index contributed by atoms with van der Waals surface area (Å²) in [6.07, 6.45) is 1.68. The summed E-state index contributed by atoms with van der Waals surface area (Å²) < 4.78 is 21.1. The van der Waals surface area contributed by atoms with Gasteiger partial charge in [-0.25, -0.2) is 9.07 Å². The molecule has 0 unspecified atom stereocenters. The summed E-state index contributed by atoms with van der Waals surface area (Å²) in [5.74, 6) is -0.525. The second-order valence-electron chi connectivity index (χ2n) is 5.64. The fourth-order valence-corrected chi connectivity index (χ4v) is 2.78. The highest BCUT2D eigenvalue weighted by Crippen LogP contribution is 2.22. The minimum absolute atomic E-state index is 0.113. The van der Waals surface area contributed by atoms with Crippen molar-refractivity contribution in [2.24, 2.45) is 0 Å². The van der Waals surface area contributed by atoms with Gasteiger partial charge in [-0.2, -0.15) is 0 Å². The van der Waals surface area contributed by atoms with Crippen LogP contribution in [0.25, 0.3) is 5.69 Å². The van der Waals surface area contributed by atoms with Gasteiger partial charge in [-0.1, -0.05) is 5.21 Å². The van der Waals surface area contributed by atoms with E-state index in [9.17, 15) is 9.18 Å². The van der Waals surface area contributed by atoms with Crippen molar-refractivity contribution in [3.63, 3.8) is 0 Å². The summed E-state index contributed by atoms with van der Waals surface area (Å²) in [7, 11) is 0. The van der Waals surface area contributed by atoms with Crippen LogP contribution in [0.15, 0.2) is 24.4 Å². The van der Waals surface area contributed by atoms with E-state index in [0.717, 1.165) is 0 Å². The molecular weight excluding hydrogens is 359 g/mol. The van der Waals surface area contributed by atoms with Crippen molar-refractivity contribution in [3.05, 3.63) is 35.9 Å². The molecule has 1 saturated heterocycles. The number of benzene rings is 1. The van der Waals surface area contributed by atoms with Crippen LogP contribution in [0.3, 0.4) is 0 Å². The standard InChI is InChI=1S/C16H19FN6O2S/c1-2-25-16(26)19-8-11-9-23(21-20-11)12-3-4-14(13(17)7-12)22-6-5-18-15(24)10-22/h3-4,7,9H,2,5-6,8,10H2,1H3,(H,18,24)(H,19,26). The van der Waals surface area contributed by atoms with Crippen LogP contribution in [0, 0.1) is 5.82 Å². The third-order valence-electron chi connectivity index (χ3n) is 3.80. The Labute approximate surface area is 155 Å². The van der Waals surface area contributed by atoms with E-state index in [0.29, 0.717) is 48.5 Å². The Morgan fingerprint density at radius 3 is 3.08 bits per heavy atom. The Morgan fingerprint density at radius 2 is 2.35 bits per heavy atom. The first-order valence-corrected chi connectivity index (χ1v) is 8.61.